The van der Waals surface area contributed by atoms with E-state index in [0.29, 0.717) is 0 Å². The van der Waals surface area contributed by atoms with Crippen LogP contribution in [-0.4, -0.2) is 13.1 Å². The molecule has 0 radical (unpaired) electrons. The lowest BCUT2D eigenvalue weighted by Crippen LogP contribution is -2.32. The summed E-state index contributed by atoms with van der Waals surface area (Å²) >= 11 is 0. The Balaban J connectivity index is 2.15. The third kappa shape index (κ3) is 1.54. The quantitative estimate of drug-likeness (QED) is 0.507. The van der Waals surface area contributed by atoms with Crippen molar-refractivity contribution in [3.8, 4) is 0 Å². The molecule has 1 aliphatic heterocycles. The van der Waals surface area contributed by atoms with Crippen LogP contribution in [0.5, 0.6) is 0 Å². The van der Waals surface area contributed by atoms with Gasteiger partial charge in [-0.25, -0.2) is 4.57 Å². The van der Waals surface area contributed by atoms with Crippen LogP contribution >= 0.6 is 0 Å². The topological polar surface area (TPSA) is 7.12 Å². The lowest BCUT2D eigenvalue weighted by molar-refractivity contribution is -0.643. The van der Waals surface area contributed by atoms with Crippen LogP contribution in [0.3, 0.4) is 0 Å². The summed E-state index contributed by atoms with van der Waals surface area (Å²) in [6, 6.07) is 17.6. The van der Waals surface area contributed by atoms with E-state index in [9.17, 15) is 0 Å². The highest BCUT2D eigenvalue weighted by molar-refractivity contribution is 6.08. The van der Waals surface area contributed by atoms with E-state index >= 15 is 0 Å². The zero-order valence-corrected chi connectivity index (χ0v) is 11.8. The van der Waals surface area contributed by atoms with Crippen molar-refractivity contribution >= 4 is 27.5 Å². The van der Waals surface area contributed by atoms with Crippen LogP contribution in [0.4, 0.5) is 5.82 Å². The molecule has 0 unspecified atom stereocenters. The smallest absolute Gasteiger partial charge is 0.257 e. The van der Waals surface area contributed by atoms with Gasteiger partial charge in [0.15, 0.2) is 0 Å². The molecule has 20 heavy (non-hydrogen) atoms. The van der Waals surface area contributed by atoms with Crippen molar-refractivity contribution in [1.29, 1.82) is 0 Å². The second-order valence-corrected chi connectivity index (χ2v) is 5.53. The first kappa shape index (κ1) is 11.7. The van der Waals surface area contributed by atoms with Gasteiger partial charge in [-0.2, -0.15) is 0 Å². The van der Waals surface area contributed by atoms with E-state index in [2.05, 4.69) is 64.9 Å². The van der Waals surface area contributed by atoms with Gasteiger partial charge < -0.3 is 0 Å². The molecule has 0 spiro atoms. The first-order valence-corrected chi connectivity index (χ1v) is 7.48. The Morgan fingerprint density at radius 1 is 0.950 bits per heavy atom. The van der Waals surface area contributed by atoms with Crippen molar-refractivity contribution in [2.75, 3.05) is 18.0 Å². The first-order valence-electron chi connectivity index (χ1n) is 7.48. The Morgan fingerprint density at radius 3 is 2.45 bits per heavy atom. The molecule has 0 amide bonds. The maximum Gasteiger partial charge on any atom is 0.285 e. The Kier molecular flexibility index (Phi) is 2.62. The van der Waals surface area contributed by atoms with Crippen molar-refractivity contribution in [3.05, 3.63) is 48.5 Å². The molecule has 2 heterocycles. The first-order chi connectivity index (χ1) is 9.90. The van der Waals surface area contributed by atoms with Gasteiger partial charge in [-0.15, -0.1) is 0 Å². The summed E-state index contributed by atoms with van der Waals surface area (Å²) in [5.74, 6) is 1.40. The van der Waals surface area contributed by atoms with Crippen molar-refractivity contribution in [2.24, 2.45) is 0 Å². The van der Waals surface area contributed by atoms with Gasteiger partial charge >= 0.3 is 0 Å². The summed E-state index contributed by atoms with van der Waals surface area (Å²) in [5.41, 5.74) is 1.36. The van der Waals surface area contributed by atoms with E-state index in [1.807, 2.05) is 0 Å². The van der Waals surface area contributed by atoms with Crippen molar-refractivity contribution < 1.29 is 4.57 Å². The monoisotopic (exact) mass is 263 g/mol. The Bertz CT molecular complexity index is 792. The molecule has 0 N–H and O–H groups in total. The van der Waals surface area contributed by atoms with Gasteiger partial charge in [0.05, 0.1) is 11.9 Å². The second kappa shape index (κ2) is 4.48. The number of hydrogen-bond acceptors (Lipinski definition) is 1. The average Bonchev–Trinajstić information content (AvgIpc) is 2.92. The van der Waals surface area contributed by atoms with E-state index in [4.69, 9.17) is 0 Å². The SMILES string of the molecule is CCCN1CC[n+]2c1c1ccccc1c1ccccc12. The average molecular weight is 263 g/mol. The Hall–Kier alpha value is -2.09. The third-order valence-corrected chi connectivity index (χ3v) is 4.30. The van der Waals surface area contributed by atoms with Crippen LogP contribution in [0.25, 0.3) is 21.7 Å². The van der Waals surface area contributed by atoms with E-state index in [1.165, 1.54) is 33.9 Å². The number of aromatic nitrogens is 1. The van der Waals surface area contributed by atoms with Gasteiger partial charge in [-0.1, -0.05) is 43.3 Å². The third-order valence-electron chi connectivity index (χ3n) is 4.30. The van der Waals surface area contributed by atoms with Crippen molar-refractivity contribution in [2.45, 2.75) is 19.9 Å². The molecule has 0 bridgehead atoms. The van der Waals surface area contributed by atoms with Gasteiger partial charge in [0.25, 0.3) is 5.82 Å². The number of pyridine rings is 1. The maximum absolute atomic E-state index is 2.54. The standard InChI is InChI=1S/C18H19N2/c1-2-11-19-12-13-20-17-10-6-5-8-15(17)14-7-3-4-9-16(14)18(19)20/h3-10H,2,11-13H2,1H3/q+1. The molecule has 3 aromatic rings. The molecular weight excluding hydrogens is 244 g/mol. The lowest BCUT2D eigenvalue weighted by atomic mass is 10.1. The number of anilines is 1. The van der Waals surface area contributed by atoms with E-state index in [1.54, 1.807) is 0 Å². The predicted molar refractivity (Wildman–Crippen MR) is 84.2 cm³/mol. The minimum absolute atomic E-state index is 1.10. The van der Waals surface area contributed by atoms with Crippen molar-refractivity contribution in [1.82, 2.24) is 0 Å². The molecule has 1 aliphatic rings. The van der Waals surface area contributed by atoms with Crippen molar-refractivity contribution in [3.63, 3.8) is 0 Å². The number of nitrogens with zero attached hydrogens (tertiary/aromatic N) is 2. The van der Waals surface area contributed by atoms with Crippen LogP contribution < -0.4 is 9.47 Å². The highest BCUT2D eigenvalue weighted by Crippen LogP contribution is 2.32. The molecular formula is C18H19N2+. The van der Waals surface area contributed by atoms with Crippen LogP contribution in [-0.2, 0) is 6.54 Å². The number of fused-ring (bicyclic) bond motifs is 6. The highest BCUT2D eigenvalue weighted by atomic mass is 15.3. The lowest BCUT2D eigenvalue weighted by Gasteiger charge is -2.13. The number of para-hydroxylation sites is 1. The zero-order chi connectivity index (χ0) is 13.5. The molecule has 0 aliphatic carbocycles. The molecule has 0 saturated heterocycles. The van der Waals surface area contributed by atoms with Crippen LogP contribution in [0.2, 0.25) is 0 Å². The normalized spacial score (nSPS) is 14.2. The van der Waals surface area contributed by atoms with Gasteiger partial charge in [0.2, 0.25) is 0 Å². The molecule has 2 aromatic carbocycles. The summed E-state index contributed by atoms with van der Waals surface area (Å²) in [7, 11) is 0. The van der Waals surface area contributed by atoms with E-state index in [0.717, 1.165) is 19.6 Å². The minimum Gasteiger partial charge on any atom is -0.257 e. The summed E-state index contributed by atoms with van der Waals surface area (Å²) in [5, 5.41) is 4.12. The van der Waals surface area contributed by atoms with Gasteiger partial charge in [-0.05, 0) is 18.6 Å². The highest BCUT2D eigenvalue weighted by Gasteiger charge is 2.31. The van der Waals surface area contributed by atoms with E-state index < -0.39 is 0 Å². The molecule has 2 nitrogen and oxygen atoms in total. The number of benzene rings is 2. The van der Waals surface area contributed by atoms with E-state index in [-0.39, 0.29) is 0 Å². The molecule has 0 atom stereocenters. The molecule has 0 saturated carbocycles. The van der Waals surface area contributed by atoms with Crippen LogP contribution in [0, 0.1) is 0 Å². The molecule has 4 rings (SSSR count). The minimum atomic E-state index is 1.10. The summed E-state index contributed by atoms with van der Waals surface area (Å²) < 4.78 is 2.49. The predicted octanol–water partition coefficient (Wildman–Crippen LogP) is 3.51. The number of hydrogen-bond donors (Lipinski definition) is 0. The summed E-state index contributed by atoms with van der Waals surface area (Å²) in [4.78, 5) is 2.54. The fourth-order valence-electron chi connectivity index (χ4n) is 3.49. The van der Waals surface area contributed by atoms with Gasteiger partial charge in [0.1, 0.15) is 18.6 Å². The maximum atomic E-state index is 2.54. The molecule has 0 fully saturated rings. The van der Waals surface area contributed by atoms with Gasteiger partial charge in [0, 0.05) is 10.8 Å². The zero-order valence-electron chi connectivity index (χ0n) is 11.8. The fourth-order valence-corrected chi connectivity index (χ4v) is 3.49. The molecule has 100 valence electrons. The Labute approximate surface area is 119 Å². The summed E-state index contributed by atoms with van der Waals surface area (Å²) in [6.45, 7) is 5.63. The molecule has 1 aromatic heterocycles. The fraction of sp³-hybridized carbons (Fsp3) is 0.278. The summed E-state index contributed by atoms with van der Waals surface area (Å²) in [6.07, 6.45) is 1.20. The number of rotatable bonds is 2. The molecule has 2 heteroatoms. The van der Waals surface area contributed by atoms with Crippen LogP contribution in [0.15, 0.2) is 48.5 Å². The Morgan fingerprint density at radius 2 is 1.65 bits per heavy atom. The largest absolute Gasteiger partial charge is 0.285 e. The van der Waals surface area contributed by atoms with Crippen LogP contribution in [0.1, 0.15) is 13.3 Å². The second-order valence-electron chi connectivity index (χ2n) is 5.53. The van der Waals surface area contributed by atoms with Gasteiger partial charge in [-0.3, -0.25) is 4.90 Å².